The van der Waals surface area contributed by atoms with Crippen molar-refractivity contribution in [3.05, 3.63) is 88.0 Å². The van der Waals surface area contributed by atoms with Crippen LogP contribution in [-0.4, -0.2) is 48.6 Å². The van der Waals surface area contributed by atoms with E-state index in [2.05, 4.69) is 11.6 Å². The van der Waals surface area contributed by atoms with Gasteiger partial charge < -0.3 is 19.3 Å². The number of aromatic nitrogens is 1. The summed E-state index contributed by atoms with van der Waals surface area (Å²) in [6, 6.07) is 10.8. The number of ketones is 1. The van der Waals surface area contributed by atoms with Crippen molar-refractivity contribution in [1.82, 2.24) is 4.98 Å². The molecule has 1 aliphatic rings. The highest BCUT2D eigenvalue weighted by Gasteiger charge is 2.48. The number of amides is 1. The number of rotatable bonds is 8. The Morgan fingerprint density at radius 1 is 1.13 bits per heavy atom. The number of carbonyl (C=O) groups is 3. The lowest BCUT2D eigenvalue weighted by Crippen LogP contribution is -2.29. The second kappa shape index (κ2) is 10.9. The van der Waals surface area contributed by atoms with Crippen LogP contribution in [-0.2, 0) is 14.3 Å². The summed E-state index contributed by atoms with van der Waals surface area (Å²) in [6.07, 6.45) is 1.62. The second-order valence-electron chi connectivity index (χ2n) is 8.42. The summed E-state index contributed by atoms with van der Waals surface area (Å²) >= 11 is 0.937. The van der Waals surface area contributed by atoms with E-state index in [1.54, 1.807) is 62.4 Å². The van der Waals surface area contributed by atoms with E-state index in [9.17, 15) is 19.5 Å². The van der Waals surface area contributed by atoms with Gasteiger partial charge >= 0.3 is 11.9 Å². The summed E-state index contributed by atoms with van der Waals surface area (Å²) in [4.78, 5) is 44.9. The zero-order chi connectivity index (χ0) is 27.6. The van der Waals surface area contributed by atoms with Crippen molar-refractivity contribution in [3.8, 4) is 11.5 Å². The quantitative estimate of drug-likeness (QED) is 0.145. The zero-order valence-electron chi connectivity index (χ0n) is 21.3. The number of Topliss-reactive ketones (excluding diaryl/α,β-unsaturated/α-hetero) is 1. The highest BCUT2D eigenvalue weighted by molar-refractivity contribution is 7.17. The SMILES string of the molecule is C=CCOc1ccc(C(O)=C2C(=O)C(=O)N(c3nc(C)c(C(=O)OC)s3)[C@@H]2c2ccc(OC)cc2)c(C)c1. The van der Waals surface area contributed by atoms with Crippen LogP contribution in [0.2, 0.25) is 0 Å². The van der Waals surface area contributed by atoms with Gasteiger partial charge in [-0.3, -0.25) is 14.5 Å². The van der Waals surface area contributed by atoms with Crippen molar-refractivity contribution >= 4 is 39.9 Å². The van der Waals surface area contributed by atoms with Gasteiger partial charge in [-0.1, -0.05) is 36.1 Å². The predicted molar refractivity (Wildman–Crippen MR) is 143 cm³/mol. The number of aryl methyl sites for hydroxylation is 2. The van der Waals surface area contributed by atoms with Gasteiger partial charge in [0.25, 0.3) is 5.78 Å². The minimum Gasteiger partial charge on any atom is -0.507 e. The standard InChI is InChI=1S/C28H26N2O7S/c1-6-13-37-19-11-12-20(15(2)14-19)23(31)21-22(17-7-9-18(35-4)10-8-17)30(26(33)24(21)32)28-29-16(3)25(38-28)27(34)36-5/h6-12,14,22,31H,1,13H2,2-5H3/t22-/m1/s1. The third kappa shape index (κ3) is 4.78. The number of esters is 1. The Morgan fingerprint density at radius 2 is 1.82 bits per heavy atom. The Hall–Kier alpha value is -4.44. The highest BCUT2D eigenvalue weighted by atomic mass is 32.1. The van der Waals surface area contributed by atoms with E-state index in [0.29, 0.717) is 40.5 Å². The molecule has 0 radical (unpaired) electrons. The first-order chi connectivity index (χ1) is 18.2. The smallest absolute Gasteiger partial charge is 0.350 e. The molecule has 0 bridgehead atoms. The molecule has 196 valence electrons. The molecule has 38 heavy (non-hydrogen) atoms. The summed E-state index contributed by atoms with van der Waals surface area (Å²) < 4.78 is 15.6. The molecular weight excluding hydrogens is 508 g/mol. The summed E-state index contributed by atoms with van der Waals surface area (Å²) in [7, 11) is 2.78. The van der Waals surface area contributed by atoms with Crippen molar-refractivity contribution in [3.63, 3.8) is 0 Å². The zero-order valence-corrected chi connectivity index (χ0v) is 22.1. The molecule has 10 heteroatoms. The molecule has 2 heterocycles. The molecule has 1 aromatic heterocycles. The van der Waals surface area contributed by atoms with E-state index in [4.69, 9.17) is 14.2 Å². The molecule has 1 aliphatic heterocycles. The number of anilines is 1. The normalized spacial score (nSPS) is 16.4. The summed E-state index contributed by atoms with van der Waals surface area (Å²) in [6.45, 7) is 7.32. The topological polar surface area (TPSA) is 115 Å². The Kier molecular flexibility index (Phi) is 7.63. The van der Waals surface area contributed by atoms with Gasteiger partial charge in [0.2, 0.25) is 0 Å². The molecule has 1 fully saturated rings. The number of thiazole rings is 1. The lowest BCUT2D eigenvalue weighted by Gasteiger charge is -2.23. The summed E-state index contributed by atoms with van der Waals surface area (Å²) in [5.41, 5.74) is 1.82. The fraction of sp³-hybridized carbons (Fsp3) is 0.214. The van der Waals surface area contributed by atoms with E-state index in [1.807, 2.05) is 0 Å². The van der Waals surface area contributed by atoms with Gasteiger partial charge in [-0.25, -0.2) is 9.78 Å². The van der Waals surface area contributed by atoms with Gasteiger partial charge in [-0.05, 0) is 55.3 Å². The van der Waals surface area contributed by atoms with E-state index in [-0.39, 0.29) is 21.3 Å². The highest BCUT2D eigenvalue weighted by Crippen LogP contribution is 2.44. The second-order valence-corrected chi connectivity index (χ2v) is 9.40. The van der Waals surface area contributed by atoms with E-state index >= 15 is 0 Å². The van der Waals surface area contributed by atoms with Crippen LogP contribution in [0.1, 0.15) is 38.1 Å². The number of aliphatic hydroxyl groups is 1. The third-order valence-electron chi connectivity index (χ3n) is 6.06. The number of aliphatic hydroxyl groups excluding tert-OH is 1. The molecule has 0 saturated carbocycles. The average molecular weight is 535 g/mol. The van der Waals surface area contributed by atoms with Crippen LogP contribution in [0, 0.1) is 13.8 Å². The number of benzene rings is 2. The van der Waals surface area contributed by atoms with Crippen molar-refractivity contribution in [2.24, 2.45) is 0 Å². The Morgan fingerprint density at radius 3 is 2.42 bits per heavy atom. The maximum Gasteiger partial charge on any atom is 0.350 e. The monoisotopic (exact) mass is 534 g/mol. The van der Waals surface area contributed by atoms with Crippen LogP contribution in [0.3, 0.4) is 0 Å². The molecule has 1 atom stereocenters. The number of hydrogen-bond donors (Lipinski definition) is 1. The summed E-state index contributed by atoms with van der Waals surface area (Å²) in [5.74, 6) is -1.53. The molecule has 1 amide bonds. The molecule has 0 spiro atoms. The molecule has 4 rings (SSSR count). The first kappa shape index (κ1) is 26.6. The molecule has 0 aliphatic carbocycles. The molecule has 1 saturated heterocycles. The number of carbonyl (C=O) groups excluding carboxylic acids is 3. The van der Waals surface area contributed by atoms with E-state index in [0.717, 1.165) is 11.3 Å². The minimum absolute atomic E-state index is 0.101. The van der Waals surface area contributed by atoms with Crippen LogP contribution in [0.5, 0.6) is 11.5 Å². The van der Waals surface area contributed by atoms with Gasteiger partial charge in [0.05, 0.1) is 31.5 Å². The molecular formula is C28H26N2O7S. The van der Waals surface area contributed by atoms with Crippen LogP contribution >= 0.6 is 11.3 Å². The fourth-order valence-electron chi connectivity index (χ4n) is 4.19. The van der Waals surface area contributed by atoms with Crippen LogP contribution in [0.25, 0.3) is 5.76 Å². The number of nitrogens with zero attached hydrogens (tertiary/aromatic N) is 2. The fourth-order valence-corrected chi connectivity index (χ4v) is 5.20. The first-order valence-corrected chi connectivity index (χ1v) is 12.4. The Labute approximate surface area is 223 Å². The molecule has 3 aromatic rings. The van der Waals surface area contributed by atoms with Crippen LogP contribution in [0.4, 0.5) is 5.13 Å². The van der Waals surface area contributed by atoms with E-state index < -0.39 is 23.7 Å². The number of methoxy groups -OCH3 is 2. The summed E-state index contributed by atoms with van der Waals surface area (Å²) in [5, 5.41) is 11.6. The Balaban J connectivity index is 1.90. The molecule has 9 nitrogen and oxygen atoms in total. The predicted octanol–water partition coefficient (Wildman–Crippen LogP) is 4.75. The molecule has 2 aromatic carbocycles. The Bertz CT molecular complexity index is 1460. The maximum atomic E-state index is 13.4. The lowest BCUT2D eigenvalue weighted by atomic mass is 9.94. The van der Waals surface area contributed by atoms with Crippen LogP contribution < -0.4 is 14.4 Å². The van der Waals surface area contributed by atoms with Crippen molar-refractivity contribution < 1.29 is 33.7 Å². The van der Waals surface area contributed by atoms with Gasteiger partial charge in [0.15, 0.2) is 5.13 Å². The van der Waals surface area contributed by atoms with Gasteiger partial charge in [-0.15, -0.1) is 0 Å². The van der Waals surface area contributed by atoms with Gasteiger partial charge in [-0.2, -0.15) is 0 Å². The maximum absolute atomic E-state index is 13.4. The van der Waals surface area contributed by atoms with E-state index in [1.165, 1.54) is 19.1 Å². The van der Waals surface area contributed by atoms with Crippen molar-refractivity contribution in [1.29, 1.82) is 0 Å². The molecule has 0 unspecified atom stereocenters. The van der Waals surface area contributed by atoms with Gasteiger partial charge in [0, 0.05) is 5.56 Å². The number of ether oxygens (including phenoxy) is 3. The average Bonchev–Trinajstić information content (AvgIpc) is 3.43. The lowest BCUT2D eigenvalue weighted by molar-refractivity contribution is -0.132. The van der Waals surface area contributed by atoms with Crippen LogP contribution in [0.15, 0.2) is 60.7 Å². The first-order valence-electron chi connectivity index (χ1n) is 11.6. The third-order valence-corrected chi connectivity index (χ3v) is 7.20. The largest absolute Gasteiger partial charge is 0.507 e. The van der Waals surface area contributed by atoms with Crippen molar-refractivity contribution in [2.75, 3.05) is 25.7 Å². The van der Waals surface area contributed by atoms with Gasteiger partial charge in [0.1, 0.15) is 28.7 Å². The number of hydrogen-bond acceptors (Lipinski definition) is 9. The minimum atomic E-state index is -1.01. The van der Waals surface area contributed by atoms with Crippen molar-refractivity contribution in [2.45, 2.75) is 19.9 Å². The molecule has 1 N–H and O–H groups in total.